The molecule has 1 nitrogen and oxygen atoms in total. The molecule has 0 aromatic carbocycles. The third-order valence-corrected chi connectivity index (χ3v) is 3.70. The molecule has 0 saturated carbocycles. The summed E-state index contributed by atoms with van der Waals surface area (Å²) in [5.41, 5.74) is 0. The first-order chi connectivity index (χ1) is 6.93. The third kappa shape index (κ3) is 5.69. The Morgan fingerprint density at radius 3 is 2.43 bits per heavy atom. The number of rotatable bonds is 8. The minimum Gasteiger partial charge on any atom is -0.282 e. The van der Waals surface area contributed by atoms with Gasteiger partial charge in [-0.05, 0) is 12.8 Å². The quantitative estimate of drug-likeness (QED) is 0.548. The van der Waals surface area contributed by atoms with Crippen LogP contribution in [-0.4, -0.2) is 17.3 Å². The van der Waals surface area contributed by atoms with E-state index in [0.717, 1.165) is 6.54 Å². The lowest BCUT2D eigenvalue weighted by molar-refractivity contribution is 0.596. The van der Waals surface area contributed by atoms with Gasteiger partial charge in [0.2, 0.25) is 0 Å². The Labute approximate surface area is 92.8 Å². The average molecular weight is 213 g/mol. The van der Waals surface area contributed by atoms with Crippen LogP contribution in [0.4, 0.5) is 0 Å². The molecule has 0 amide bonds. The molecular weight excluding hydrogens is 190 g/mol. The van der Waals surface area contributed by atoms with E-state index >= 15 is 0 Å². The van der Waals surface area contributed by atoms with Gasteiger partial charge in [-0.25, -0.2) is 0 Å². The summed E-state index contributed by atoms with van der Waals surface area (Å²) >= 11 is 1.96. The van der Waals surface area contributed by atoms with Crippen molar-refractivity contribution in [2.24, 2.45) is 4.99 Å². The molecule has 0 radical (unpaired) electrons. The van der Waals surface area contributed by atoms with Crippen LogP contribution in [0.1, 0.15) is 58.3 Å². The highest BCUT2D eigenvalue weighted by molar-refractivity contribution is 8.14. The molecule has 0 atom stereocenters. The Morgan fingerprint density at radius 1 is 1.07 bits per heavy atom. The van der Waals surface area contributed by atoms with Gasteiger partial charge in [0.05, 0.1) is 5.04 Å². The van der Waals surface area contributed by atoms with E-state index in [2.05, 4.69) is 11.9 Å². The van der Waals surface area contributed by atoms with E-state index in [1.54, 1.807) is 0 Å². The summed E-state index contributed by atoms with van der Waals surface area (Å²) in [7, 11) is 0. The number of unbranched alkanes of at least 4 members (excludes halogenated alkanes) is 6. The van der Waals surface area contributed by atoms with Crippen LogP contribution in [0.15, 0.2) is 4.99 Å². The van der Waals surface area contributed by atoms with Gasteiger partial charge in [-0.1, -0.05) is 45.4 Å². The normalized spacial score (nSPS) is 15.9. The molecule has 0 N–H and O–H groups in total. The first-order valence-corrected chi connectivity index (χ1v) is 7.08. The summed E-state index contributed by atoms with van der Waals surface area (Å²) in [5, 5.41) is 1.42. The van der Waals surface area contributed by atoms with E-state index < -0.39 is 0 Å². The molecule has 0 spiro atoms. The van der Waals surface area contributed by atoms with E-state index in [4.69, 9.17) is 0 Å². The second-order valence-corrected chi connectivity index (χ2v) is 5.16. The second-order valence-electron chi connectivity index (χ2n) is 4.00. The van der Waals surface area contributed by atoms with Crippen LogP contribution in [0.5, 0.6) is 0 Å². The second kappa shape index (κ2) is 8.34. The molecule has 1 rings (SSSR count). The number of thioether (sulfide) groups is 1. The molecule has 1 aliphatic rings. The van der Waals surface area contributed by atoms with Crippen molar-refractivity contribution in [3.63, 3.8) is 0 Å². The van der Waals surface area contributed by atoms with Crippen LogP contribution in [0.3, 0.4) is 0 Å². The van der Waals surface area contributed by atoms with E-state index in [1.807, 2.05) is 11.8 Å². The van der Waals surface area contributed by atoms with Gasteiger partial charge in [-0.2, -0.15) is 0 Å². The Bertz CT molecular complexity index is 166. The Balaban J connectivity index is 1.80. The molecule has 2 heteroatoms. The summed E-state index contributed by atoms with van der Waals surface area (Å²) in [5.74, 6) is 1.23. The lowest BCUT2D eigenvalue weighted by atomic mass is 10.1. The van der Waals surface area contributed by atoms with E-state index in [1.165, 1.54) is 62.2 Å². The minimum atomic E-state index is 1.07. The van der Waals surface area contributed by atoms with Gasteiger partial charge in [-0.3, -0.25) is 4.99 Å². The maximum atomic E-state index is 4.46. The standard InChI is InChI=1S/C12H23NS/c1-2-3-4-5-6-7-8-9-12-13-10-11-14-12/h2-11H2,1H3. The van der Waals surface area contributed by atoms with Gasteiger partial charge in [0.25, 0.3) is 0 Å². The molecule has 0 aromatic rings. The Kier molecular flexibility index (Phi) is 7.20. The predicted octanol–water partition coefficient (Wildman–Crippen LogP) is 4.27. The lowest BCUT2D eigenvalue weighted by Gasteiger charge is -2.00. The molecule has 0 fully saturated rings. The predicted molar refractivity (Wildman–Crippen MR) is 67.4 cm³/mol. The number of aliphatic imine (C=N–C) groups is 1. The fraction of sp³-hybridized carbons (Fsp3) is 0.917. The molecule has 0 bridgehead atoms. The fourth-order valence-electron chi connectivity index (χ4n) is 1.76. The van der Waals surface area contributed by atoms with Gasteiger partial charge in [0.1, 0.15) is 0 Å². The highest BCUT2D eigenvalue weighted by Gasteiger charge is 2.05. The summed E-state index contributed by atoms with van der Waals surface area (Å²) in [6.07, 6.45) is 11.1. The maximum Gasteiger partial charge on any atom is 0.0676 e. The van der Waals surface area contributed by atoms with Crippen molar-refractivity contribution in [2.45, 2.75) is 58.3 Å². The highest BCUT2D eigenvalue weighted by atomic mass is 32.2. The molecule has 0 aliphatic carbocycles. The Hall–Kier alpha value is 0.0200. The highest BCUT2D eigenvalue weighted by Crippen LogP contribution is 2.17. The topological polar surface area (TPSA) is 12.4 Å². The molecular formula is C12H23NS. The first-order valence-electron chi connectivity index (χ1n) is 6.09. The van der Waals surface area contributed by atoms with Crippen LogP contribution < -0.4 is 0 Å². The third-order valence-electron chi connectivity index (χ3n) is 2.64. The van der Waals surface area contributed by atoms with Crippen LogP contribution in [0, 0.1) is 0 Å². The number of hydrogen-bond acceptors (Lipinski definition) is 2. The van der Waals surface area contributed by atoms with E-state index in [-0.39, 0.29) is 0 Å². The summed E-state index contributed by atoms with van der Waals surface area (Å²) < 4.78 is 0. The molecule has 1 heterocycles. The number of nitrogens with zero attached hydrogens (tertiary/aromatic N) is 1. The van der Waals surface area contributed by atoms with Crippen LogP contribution in [-0.2, 0) is 0 Å². The van der Waals surface area contributed by atoms with Crippen LogP contribution in [0.25, 0.3) is 0 Å². The minimum absolute atomic E-state index is 1.07. The molecule has 82 valence electrons. The molecule has 14 heavy (non-hydrogen) atoms. The van der Waals surface area contributed by atoms with Crippen molar-refractivity contribution in [3.8, 4) is 0 Å². The lowest BCUT2D eigenvalue weighted by Crippen LogP contribution is -1.88. The molecule has 0 unspecified atom stereocenters. The SMILES string of the molecule is CCCCCCCCCC1=NCCS1. The zero-order chi connectivity index (χ0) is 10.1. The fourth-order valence-corrected chi connectivity index (χ4v) is 2.65. The monoisotopic (exact) mass is 213 g/mol. The van der Waals surface area contributed by atoms with Gasteiger partial charge in [0.15, 0.2) is 0 Å². The summed E-state index contributed by atoms with van der Waals surface area (Å²) in [6.45, 7) is 3.34. The maximum absolute atomic E-state index is 4.46. The summed E-state index contributed by atoms with van der Waals surface area (Å²) in [6, 6.07) is 0. The molecule has 1 aliphatic heterocycles. The number of hydrogen-bond donors (Lipinski definition) is 0. The summed E-state index contributed by atoms with van der Waals surface area (Å²) in [4.78, 5) is 4.46. The van der Waals surface area contributed by atoms with Crippen molar-refractivity contribution in [3.05, 3.63) is 0 Å². The zero-order valence-corrected chi connectivity index (χ0v) is 10.2. The first kappa shape index (κ1) is 12.1. The van der Waals surface area contributed by atoms with Crippen molar-refractivity contribution in [1.29, 1.82) is 0 Å². The Morgan fingerprint density at radius 2 is 1.79 bits per heavy atom. The van der Waals surface area contributed by atoms with E-state index in [9.17, 15) is 0 Å². The van der Waals surface area contributed by atoms with E-state index in [0.29, 0.717) is 0 Å². The smallest absolute Gasteiger partial charge is 0.0676 e. The van der Waals surface area contributed by atoms with Gasteiger partial charge >= 0.3 is 0 Å². The van der Waals surface area contributed by atoms with Gasteiger partial charge < -0.3 is 0 Å². The zero-order valence-electron chi connectivity index (χ0n) is 9.43. The van der Waals surface area contributed by atoms with Crippen LogP contribution >= 0.6 is 11.8 Å². The largest absolute Gasteiger partial charge is 0.282 e. The molecule has 0 saturated heterocycles. The van der Waals surface area contributed by atoms with Gasteiger partial charge in [0, 0.05) is 12.3 Å². The van der Waals surface area contributed by atoms with Gasteiger partial charge in [-0.15, -0.1) is 11.8 Å². The molecule has 0 aromatic heterocycles. The van der Waals surface area contributed by atoms with Crippen LogP contribution in [0.2, 0.25) is 0 Å². The van der Waals surface area contributed by atoms with Crippen molar-refractivity contribution < 1.29 is 0 Å². The van der Waals surface area contributed by atoms with Crippen molar-refractivity contribution >= 4 is 16.8 Å². The average Bonchev–Trinajstić information content (AvgIpc) is 2.69. The van der Waals surface area contributed by atoms with Crippen molar-refractivity contribution in [1.82, 2.24) is 0 Å². The van der Waals surface area contributed by atoms with Crippen molar-refractivity contribution in [2.75, 3.05) is 12.3 Å².